The molecule has 2 N–H and O–H groups in total. The van der Waals surface area contributed by atoms with Crippen molar-refractivity contribution in [3.8, 4) is 11.3 Å². The zero-order valence-electron chi connectivity index (χ0n) is 26.3. The summed E-state index contributed by atoms with van der Waals surface area (Å²) in [5, 5.41) is 6.29. The van der Waals surface area contributed by atoms with Gasteiger partial charge in [-0.15, -0.1) is 0 Å². The first kappa shape index (κ1) is 31.5. The van der Waals surface area contributed by atoms with Gasteiger partial charge in [-0.2, -0.15) is 0 Å². The summed E-state index contributed by atoms with van der Waals surface area (Å²) in [5.74, 6) is 0.0635. The van der Waals surface area contributed by atoms with Crippen LogP contribution in [-0.2, 0) is 22.5 Å². The van der Waals surface area contributed by atoms with E-state index in [1.165, 1.54) is 0 Å². The molecule has 3 heterocycles. The summed E-state index contributed by atoms with van der Waals surface area (Å²) < 4.78 is 5.50. The second kappa shape index (κ2) is 15.2. The van der Waals surface area contributed by atoms with E-state index in [2.05, 4.69) is 35.4 Å². The number of anilines is 3. The monoisotopic (exact) mass is 627 g/mol. The minimum atomic E-state index is -0.209. The molecule has 0 saturated carbocycles. The van der Waals surface area contributed by atoms with Gasteiger partial charge in [0.25, 0.3) is 5.91 Å². The van der Waals surface area contributed by atoms with E-state index in [0.717, 1.165) is 66.4 Å². The third-order valence-electron chi connectivity index (χ3n) is 8.04. The maximum Gasteiger partial charge on any atom is 0.311 e. The van der Waals surface area contributed by atoms with Crippen molar-refractivity contribution in [2.75, 3.05) is 43.5 Å². The van der Waals surface area contributed by atoms with Gasteiger partial charge in [0, 0.05) is 73.8 Å². The average molecular weight is 628 g/mol. The quantitative estimate of drug-likeness (QED) is 0.178. The lowest BCUT2D eigenvalue weighted by atomic mass is 10.1. The molecule has 1 amide bonds. The Hall–Kier alpha value is -5.45. The first-order valence-electron chi connectivity index (χ1n) is 15.6. The van der Waals surface area contributed by atoms with Crippen LogP contribution in [0, 0.1) is 6.92 Å². The third-order valence-corrected chi connectivity index (χ3v) is 8.04. The number of nitrogens with zero attached hydrogens (tertiary/aromatic N) is 5. The maximum atomic E-state index is 13.1. The zero-order chi connectivity index (χ0) is 32.4. The fourth-order valence-corrected chi connectivity index (χ4v) is 5.33. The summed E-state index contributed by atoms with van der Waals surface area (Å²) in [5.41, 5.74) is 6.80. The highest BCUT2D eigenvalue weighted by Crippen LogP contribution is 2.25. The van der Waals surface area contributed by atoms with E-state index in [1.54, 1.807) is 18.6 Å². The van der Waals surface area contributed by atoms with E-state index in [9.17, 15) is 9.59 Å². The second-order valence-electron chi connectivity index (χ2n) is 11.5. The van der Waals surface area contributed by atoms with E-state index in [1.807, 2.05) is 97.9 Å². The molecule has 5 aromatic rings. The molecule has 1 saturated heterocycles. The van der Waals surface area contributed by atoms with Gasteiger partial charge in [-0.1, -0.05) is 48.5 Å². The van der Waals surface area contributed by atoms with Crippen molar-refractivity contribution >= 4 is 29.2 Å². The fourth-order valence-electron chi connectivity index (χ4n) is 5.33. The van der Waals surface area contributed by atoms with Crippen LogP contribution in [0.5, 0.6) is 0 Å². The minimum Gasteiger partial charge on any atom is -0.449 e. The van der Waals surface area contributed by atoms with E-state index >= 15 is 0 Å². The minimum absolute atomic E-state index is 0.184. The first-order chi connectivity index (χ1) is 23.0. The topological polar surface area (TPSA) is 113 Å². The van der Waals surface area contributed by atoms with E-state index < -0.39 is 0 Å². The van der Waals surface area contributed by atoms with Crippen LogP contribution in [-0.4, -0.2) is 69.5 Å². The highest BCUT2D eigenvalue weighted by molar-refractivity contribution is 6.04. The van der Waals surface area contributed by atoms with E-state index in [0.29, 0.717) is 23.9 Å². The fraction of sp³-hybridized carbons (Fsp3) is 0.216. The Morgan fingerprint density at radius 2 is 1.62 bits per heavy atom. The molecule has 0 atom stereocenters. The number of amides is 1. The number of carbonyl (C=O) groups is 2. The summed E-state index contributed by atoms with van der Waals surface area (Å²) in [4.78, 5) is 43.0. The van der Waals surface area contributed by atoms with Gasteiger partial charge in [-0.25, -0.2) is 9.97 Å². The van der Waals surface area contributed by atoms with Crippen molar-refractivity contribution in [3.05, 3.63) is 132 Å². The van der Waals surface area contributed by atoms with Crippen molar-refractivity contribution in [1.29, 1.82) is 0 Å². The number of pyridine rings is 1. The number of esters is 1. The molecule has 0 aliphatic carbocycles. The largest absolute Gasteiger partial charge is 0.449 e. The molecular weight excluding hydrogens is 590 g/mol. The second-order valence-corrected chi connectivity index (χ2v) is 11.5. The van der Waals surface area contributed by atoms with Crippen LogP contribution in [0.25, 0.3) is 11.3 Å². The highest BCUT2D eigenvalue weighted by Gasteiger charge is 2.18. The molecule has 10 nitrogen and oxygen atoms in total. The van der Waals surface area contributed by atoms with Crippen LogP contribution >= 0.6 is 0 Å². The van der Waals surface area contributed by atoms with Crippen molar-refractivity contribution in [1.82, 2.24) is 24.8 Å². The standard InChI is InChI=1S/C37H37N7O3/c1-27-9-14-32(23-34(27)42-37-39-17-15-33(41-37)31-8-5-16-38-24-31)40-36(46)30-12-10-29(11-13-30)25-43-18-20-44(21-19-43)26-47-35(45)22-28-6-3-2-4-7-28/h2-17,23-24H,18-22,25-26H2,1H3,(H,40,46)(H,39,41,42). The number of hydrogen-bond acceptors (Lipinski definition) is 9. The molecule has 0 radical (unpaired) electrons. The van der Waals surface area contributed by atoms with Crippen LogP contribution in [0.1, 0.15) is 27.0 Å². The first-order valence-corrected chi connectivity index (χ1v) is 15.6. The van der Waals surface area contributed by atoms with Gasteiger partial charge in [-0.3, -0.25) is 24.4 Å². The van der Waals surface area contributed by atoms with Gasteiger partial charge < -0.3 is 15.4 Å². The summed E-state index contributed by atoms with van der Waals surface area (Å²) in [6.07, 6.45) is 5.48. The summed E-state index contributed by atoms with van der Waals surface area (Å²) in [6, 6.07) is 28.7. The third kappa shape index (κ3) is 8.84. The molecule has 1 aliphatic heterocycles. The smallest absolute Gasteiger partial charge is 0.311 e. The Morgan fingerprint density at radius 3 is 2.38 bits per heavy atom. The number of benzene rings is 3. The summed E-state index contributed by atoms with van der Waals surface area (Å²) in [7, 11) is 0. The van der Waals surface area contributed by atoms with Crippen molar-refractivity contribution in [2.45, 2.75) is 19.9 Å². The molecule has 0 bridgehead atoms. The predicted octanol–water partition coefficient (Wildman–Crippen LogP) is 5.70. The Bertz CT molecular complexity index is 1790. The molecule has 0 unspecified atom stereocenters. The van der Waals surface area contributed by atoms with Gasteiger partial charge in [0.05, 0.1) is 12.1 Å². The molecule has 6 rings (SSSR count). The lowest BCUT2D eigenvalue weighted by Crippen LogP contribution is -2.46. The maximum absolute atomic E-state index is 13.1. The van der Waals surface area contributed by atoms with Crippen molar-refractivity contribution in [2.24, 2.45) is 0 Å². The van der Waals surface area contributed by atoms with Crippen molar-refractivity contribution < 1.29 is 14.3 Å². The Kier molecular flexibility index (Phi) is 10.2. The zero-order valence-corrected chi connectivity index (χ0v) is 26.3. The van der Waals surface area contributed by atoms with Crippen LogP contribution in [0.4, 0.5) is 17.3 Å². The van der Waals surface area contributed by atoms with Gasteiger partial charge in [-0.05, 0) is 66.1 Å². The number of rotatable bonds is 11. The number of aryl methyl sites for hydroxylation is 1. The molecule has 0 spiro atoms. The van der Waals surface area contributed by atoms with Gasteiger partial charge in [0.1, 0.15) is 6.73 Å². The van der Waals surface area contributed by atoms with Gasteiger partial charge >= 0.3 is 5.97 Å². The van der Waals surface area contributed by atoms with Crippen LogP contribution < -0.4 is 10.6 Å². The molecule has 47 heavy (non-hydrogen) atoms. The number of piperazine rings is 1. The number of carbonyl (C=O) groups excluding carboxylic acids is 2. The highest BCUT2D eigenvalue weighted by atomic mass is 16.5. The lowest BCUT2D eigenvalue weighted by Gasteiger charge is -2.34. The van der Waals surface area contributed by atoms with Gasteiger partial charge in [0.15, 0.2) is 0 Å². The lowest BCUT2D eigenvalue weighted by molar-refractivity contribution is -0.148. The SMILES string of the molecule is Cc1ccc(NC(=O)c2ccc(CN3CCN(COC(=O)Cc4ccccc4)CC3)cc2)cc1Nc1nccc(-c2cccnc2)n1. The molecule has 10 heteroatoms. The Morgan fingerprint density at radius 1 is 0.830 bits per heavy atom. The Balaban J connectivity index is 0.973. The summed E-state index contributed by atoms with van der Waals surface area (Å²) in [6.45, 7) is 6.50. The molecular formula is C37H37N7O3. The molecule has 3 aromatic carbocycles. The Labute approximate surface area is 274 Å². The van der Waals surface area contributed by atoms with Gasteiger partial charge in [0.2, 0.25) is 5.95 Å². The molecule has 1 aliphatic rings. The number of hydrogen-bond donors (Lipinski definition) is 2. The number of nitrogens with one attached hydrogen (secondary N) is 2. The molecule has 2 aromatic heterocycles. The van der Waals surface area contributed by atoms with Crippen LogP contribution in [0.2, 0.25) is 0 Å². The average Bonchev–Trinajstić information content (AvgIpc) is 3.11. The van der Waals surface area contributed by atoms with E-state index in [4.69, 9.17) is 4.74 Å². The van der Waals surface area contributed by atoms with Crippen LogP contribution in [0.3, 0.4) is 0 Å². The number of ether oxygens (including phenoxy) is 1. The molecule has 1 fully saturated rings. The van der Waals surface area contributed by atoms with Crippen LogP contribution in [0.15, 0.2) is 110 Å². The molecule has 238 valence electrons. The summed E-state index contributed by atoms with van der Waals surface area (Å²) >= 11 is 0. The van der Waals surface area contributed by atoms with Crippen molar-refractivity contribution in [3.63, 3.8) is 0 Å². The van der Waals surface area contributed by atoms with E-state index in [-0.39, 0.29) is 18.3 Å². The number of aromatic nitrogens is 3. The normalized spacial score (nSPS) is 13.6. The predicted molar refractivity (Wildman–Crippen MR) is 182 cm³/mol.